The van der Waals surface area contributed by atoms with Gasteiger partial charge in [-0.15, -0.1) is 0 Å². The van der Waals surface area contributed by atoms with Crippen LogP contribution in [0.5, 0.6) is 0 Å². The minimum absolute atomic E-state index is 0.0859. The van der Waals surface area contributed by atoms with E-state index in [1.54, 1.807) is 11.3 Å². The second-order valence-corrected chi connectivity index (χ2v) is 9.60. The minimum atomic E-state index is 0.0859. The fourth-order valence-corrected chi connectivity index (χ4v) is 5.87. The standard InChI is InChI=1S/C22H31N3OS/c1-14-11-16(3)20-19(12-14)27-22(24-20)25-10-6-8-17(13-25)21(26)23-18-9-5-4-7-15(18)2/h11-12,15,17-18H,4-10,13H2,1-3H3,(H,23,26)/t15-,17+,18-/m1/s1. The van der Waals surface area contributed by atoms with E-state index in [-0.39, 0.29) is 11.8 Å². The molecule has 1 N–H and O–H groups in total. The first kappa shape index (κ1) is 18.7. The third-order valence-electron chi connectivity index (χ3n) is 6.32. The molecule has 1 aromatic carbocycles. The fraction of sp³-hybridized carbons (Fsp3) is 0.636. The average molecular weight is 386 g/mol. The van der Waals surface area contributed by atoms with Gasteiger partial charge in [0.1, 0.15) is 0 Å². The molecule has 1 aliphatic heterocycles. The molecule has 2 aliphatic rings. The molecule has 1 aliphatic carbocycles. The van der Waals surface area contributed by atoms with E-state index in [9.17, 15) is 4.79 Å². The molecule has 5 heteroatoms. The maximum Gasteiger partial charge on any atom is 0.225 e. The molecule has 1 saturated carbocycles. The van der Waals surface area contributed by atoms with Crippen LogP contribution in [0.15, 0.2) is 12.1 Å². The number of hydrogen-bond donors (Lipinski definition) is 1. The summed E-state index contributed by atoms with van der Waals surface area (Å²) in [6.45, 7) is 8.35. The quantitative estimate of drug-likeness (QED) is 0.823. The molecule has 4 rings (SSSR count). The highest BCUT2D eigenvalue weighted by atomic mass is 32.1. The van der Waals surface area contributed by atoms with E-state index in [1.807, 2.05) is 0 Å². The van der Waals surface area contributed by atoms with Gasteiger partial charge in [0, 0.05) is 19.1 Å². The number of piperidine rings is 1. The zero-order valence-electron chi connectivity index (χ0n) is 16.8. The average Bonchev–Trinajstić information content (AvgIpc) is 3.08. The Kier molecular flexibility index (Phi) is 5.40. The Bertz CT molecular complexity index is 830. The van der Waals surface area contributed by atoms with Crippen molar-refractivity contribution in [1.29, 1.82) is 0 Å². The summed E-state index contributed by atoms with van der Waals surface area (Å²) >= 11 is 1.77. The van der Waals surface area contributed by atoms with Gasteiger partial charge < -0.3 is 10.2 Å². The summed E-state index contributed by atoms with van der Waals surface area (Å²) in [6, 6.07) is 4.79. The largest absolute Gasteiger partial charge is 0.353 e. The number of benzene rings is 1. The summed E-state index contributed by atoms with van der Waals surface area (Å²) in [5, 5.41) is 4.44. The van der Waals surface area contributed by atoms with Gasteiger partial charge in [0.15, 0.2) is 5.13 Å². The predicted molar refractivity (Wildman–Crippen MR) is 114 cm³/mol. The van der Waals surface area contributed by atoms with E-state index < -0.39 is 0 Å². The van der Waals surface area contributed by atoms with Crippen LogP contribution in [-0.4, -0.2) is 30.0 Å². The van der Waals surface area contributed by atoms with Crippen molar-refractivity contribution in [3.05, 3.63) is 23.3 Å². The molecule has 4 nitrogen and oxygen atoms in total. The number of nitrogens with zero attached hydrogens (tertiary/aromatic N) is 2. The maximum atomic E-state index is 12.9. The van der Waals surface area contributed by atoms with Crippen LogP contribution in [0.2, 0.25) is 0 Å². The normalized spacial score (nSPS) is 26.3. The highest BCUT2D eigenvalue weighted by Gasteiger charge is 2.30. The molecular weight excluding hydrogens is 354 g/mol. The van der Waals surface area contributed by atoms with Crippen molar-refractivity contribution < 1.29 is 4.79 Å². The Morgan fingerprint density at radius 2 is 2.00 bits per heavy atom. The van der Waals surface area contributed by atoms with Crippen LogP contribution < -0.4 is 10.2 Å². The number of nitrogens with one attached hydrogen (secondary N) is 1. The zero-order chi connectivity index (χ0) is 19.0. The van der Waals surface area contributed by atoms with Crippen molar-refractivity contribution >= 4 is 32.6 Å². The molecular formula is C22H31N3OS. The number of carbonyl (C=O) groups excluding carboxylic acids is 1. The van der Waals surface area contributed by atoms with E-state index in [1.165, 1.54) is 35.1 Å². The summed E-state index contributed by atoms with van der Waals surface area (Å²) < 4.78 is 1.25. The second kappa shape index (κ2) is 7.78. The monoisotopic (exact) mass is 385 g/mol. The number of aromatic nitrogens is 1. The lowest BCUT2D eigenvalue weighted by atomic mass is 9.85. The number of aryl methyl sites for hydroxylation is 2. The van der Waals surface area contributed by atoms with Crippen LogP contribution in [0, 0.1) is 25.7 Å². The lowest BCUT2D eigenvalue weighted by molar-refractivity contribution is -0.126. The van der Waals surface area contributed by atoms with Crippen LogP contribution in [0.25, 0.3) is 10.2 Å². The van der Waals surface area contributed by atoms with Gasteiger partial charge in [-0.3, -0.25) is 4.79 Å². The Morgan fingerprint density at radius 3 is 2.81 bits per heavy atom. The first-order chi connectivity index (χ1) is 13.0. The Balaban J connectivity index is 1.46. The number of fused-ring (bicyclic) bond motifs is 1. The third kappa shape index (κ3) is 3.98. The van der Waals surface area contributed by atoms with Crippen molar-refractivity contribution in [3.63, 3.8) is 0 Å². The first-order valence-electron chi connectivity index (χ1n) is 10.4. The van der Waals surface area contributed by atoms with E-state index in [0.717, 1.165) is 43.0 Å². The number of carbonyl (C=O) groups is 1. The molecule has 2 aromatic rings. The Morgan fingerprint density at radius 1 is 1.19 bits per heavy atom. The molecule has 1 amide bonds. The van der Waals surface area contributed by atoms with Gasteiger partial charge in [0.05, 0.1) is 16.1 Å². The van der Waals surface area contributed by atoms with Gasteiger partial charge in [0.25, 0.3) is 0 Å². The van der Waals surface area contributed by atoms with E-state index in [2.05, 4.69) is 43.1 Å². The van der Waals surface area contributed by atoms with Gasteiger partial charge in [-0.1, -0.05) is 37.2 Å². The molecule has 2 heterocycles. The van der Waals surface area contributed by atoms with Crippen LogP contribution in [0.4, 0.5) is 5.13 Å². The molecule has 27 heavy (non-hydrogen) atoms. The van der Waals surface area contributed by atoms with Gasteiger partial charge >= 0.3 is 0 Å². The molecule has 1 aromatic heterocycles. The van der Waals surface area contributed by atoms with E-state index >= 15 is 0 Å². The molecule has 0 unspecified atom stereocenters. The molecule has 0 spiro atoms. The third-order valence-corrected chi connectivity index (χ3v) is 7.38. The van der Waals surface area contributed by atoms with E-state index in [0.29, 0.717) is 12.0 Å². The summed E-state index contributed by atoms with van der Waals surface area (Å²) in [5.41, 5.74) is 3.64. The lowest BCUT2D eigenvalue weighted by Crippen LogP contribution is -2.48. The second-order valence-electron chi connectivity index (χ2n) is 8.59. The van der Waals surface area contributed by atoms with Crippen LogP contribution in [0.1, 0.15) is 56.6 Å². The lowest BCUT2D eigenvalue weighted by Gasteiger charge is -2.35. The molecule has 0 radical (unpaired) electrons. The highest BCUT2D eigenvalue weighted by molar-refractivity contribution is 7.22. The number of amides is 1. The van der Waals surface area contributed by atoms with Crippen molar-refractivity contribution in [2.45, 2.75) is 65.3 Å². The summed E-state index contributed by atoms with van der Waals surface area (Å²) in [5.74, 6) is 0.951. The van der Waals surface area contributed by atoms with Crippen LogP contribution in [-0.2, 0) is 4.79 Å². The van der Waals surface area contributed by atoms with Crippen LogP contribution >= 0.6 is 11.3 Å². The molecule has 0 bridgehead atoms. The molecule has 2 fully saturated rings. The minimum Gasteiger partial charge on any atom is -0.353 e. The maximum absolute atomic E-state index is 12.9. The smallest absolute Gasteiger partial charge is 0.225 e. The topological polar surface area (TPSA) is 45.2 Å². The SMILES string of the molecule is Cc1cc(C)c2nc(N3CCC[C@H](C(=O)N[C@@H]4CCCC[C@H]4C)C3)sc2c1. The Labute approximate surface area is 166 Å². The highest BCUT2D eigenvalue weighted by Crippen LogP contribution is 2.34. The van der Waals surface area contributed by atoms with Crippen molar-refractivity contribution in [1.82, 2.24) is 10.3 Å². The fourth-order valence-electron chi connectivity index (χ4n) is 4.69. The first-order valence-corrected chi connectivity index (χ1v) is 11.3. The summed E-state index contributed by atoms with van der Waals surface area (Å²) in [7, 11) is 0. The van der Waals surface area contributed by atoms with E-state index in [4.69, 9.17) is 4.98 Å². The van der Waals surface area contributed by atoms with Crippen LogP contribution in [0.3, 0.4) is 0 Å². The number of rotatable bonds is 3. The molecule has 146 valence electrons. The van der Waals surface area contributed by atoms with Crippen molar-refractivity contribution in [3.8, 4) is 0 Å². The van der Waals surface area contributed by atoms with Gasteiger partial charge in [0.2, 0.25) is 5.91 Å². The predicted octanol–water partition coefficient (Wildman–Crippen LogP) is 4.82. The van der Waals surface area contributed by atoms with Crippen molar-refractivity contribution in [2.75, 3.05) is 18.0 Å². The van der Waals surface area contributed by atoms with Gasteiger partial charge in [-0.05, 0) is 62.6 Å². The van der Waals surface area contributed by atoms with Gasteiger partial charge in [-0.2, -0.15) is 0 Å². The zero-order valence-corrected chi connectivity index (χ0v) is 17.6. The van der Waals surface area contributed by atoms with Crippen molar-refractivity contribution in [2.24, 2.45) is 11.8 Å². The molecule has 1 saturated heterocycles. The summed E-state index contributed by atoms with van der Waals surface area (Å²) in [6.07, 6.45) is 6.99. The number of thiazole rings is 1. The Hall–Kier alpha value is -1.62. The number of hydrogen-bond acceptors (Lipinski definition) is 4. The number of anilines is 1. The summed E-state index contributed by atoms with van der Waals surface area (Å²) in [4.78, 5) is 20.1. The van der Waals surface area contributed by atoms with Gasteiger partial charge in [-0.25, -0.2) is 4.98 Å². The molecule has 3 atom stereocenters.